The first-order valence-corrected chi connectivity index (χ1v) is 7.93. The summed E-state index contributed by atoms with van der Waals surface area (Å²) in [7, 11) is 0. The molecule has 0 spiro atoms. The Morgan fingerprint density at radius 3 is 2.73 bits per heavy atom. The van der Waals surface area contributed by atoms with Gasteiger partial charge in [0.05, 0.1) is 0 Å². The van der Waals surface area contributed by atoms with Crippen molar-refractivity contribution in [1.29, 1.82) is 0 Å². The number of aryl methyl sites for hydroxylation is 1. The normalized spacial score (nSPS) is 12.1. The Labute approximate surface area is 135 Å². The lowest BCUT2D eigenvalue weighted by atomic mass is 10.1. The SMILES string of the molecule is CCC(C)NC(=O)CCn1c(-c2ccc(C)cc2)n[nH]c1=S. The number of carbonyl (C=O) groups excluding carboxylic acids is 1. The Hall–Kier alpha value is -1.95. The van der Waals surface area contributed by atoms with Crippen molar-refractivity contribution in [2.45, 2.75) is 46.2 Å². The van der Waals surface area contributed by atoms with Crippen LogP contribution >= 0.6 is 12.2 Å². The quantitative estimate of drug-likeness (QED) is 0.804. The van der Waals surface area contributed by atoms with Crippen molar-refractivity contribution >= 4 is 18.1 Å². The van der Waals surface area contributed by atoms with Gasteiger partial charge in [0.1, 0.15) is 0 Å². The standard InChI is InChI=1S/C16H22N4OS/c1-4-12(3)17-14(21)9-10-20-15(18-19-16(20)22)13-7-5-11(2)6-8-13/h5-8,12H,4,9-10H2,1-3H3,(H,17,21)(H,19,22). The van der Waals surface area contributed by atoms with E-state index in [0.717, 1.165) is 17.8 Å². The molecule has 5 nitrogen and oxygen atoms in total. The number of rotatable bonds is 6. The van der Waals surface area contributed by atoms with Gasteiger partial charge in [-0.25, -0.2) is 0 Å². The van der Waals surface area contributed by atoms with Gasteiger partial charge in [0.15, 0.2) is 10.6 Å². The largest absolute Gasteiger partial charge is 0.354 e. The lowest BCUT2D eigenvalue weighted by Crippen LogP contribution is -2.32. The predicted octanol–water partition coefficient (Wildman–Crippen LogP) is 3.22. The van der Waals surface area contributed by atoms with E-state index in [9.17, 15) is 4.79 Å². The van der Waals surface area contributed by atoms with E-state index in [1.54, 1.807) is 0 Å². The zero-order chi connectivity index (χ0) is 16.1. The summed E-state index contributed by atoms with van der Waals surface area (Å²) < 4.78 is 2.41. The Morgan fingerprint density at radius 1 is 1.41 bits per heavy atom. The van der Waals surface area contributed by atoms with E-state index in [-0.39, 0.29) is 11.9 Å². The molecule has 6 heteroatoms. The number of aromatic nitrogens is 3. The van der Waals surface area contributed by atoms with Crippen LogP contribution in [0.1, 0.15) is 32.3 Å². The van der Waals surface area contributed by atoms with Crippen LogP contribution in [0.25, 0.3) is 11.4 Å². The number of carbonyl (C=O) groups is 1. The molecular weight excluding hydrogens is 296 g/mol. The maximum Gasteiger partial charge on any atom is 0.222 e. The first-order chi connectivity index (χ1) is 10.5. The summed E-state index contributed by atoms with van der Waals surface area (Å²) in [5.74, 6) is 0.800. The highest BCUT2D eigenvalue weighted by molar-refractivity contribution is 7.71. The molecule has 2 rings (SSSR count). The summed E-state index contributed by atoms with van der Waals surface area (Å²) >= 11 is 5.27. The number of amides is 1. The van der Waals surface area contributed by atoms with Crippen LogP contribution in [0, 0.1) is 11.7 Å². The minimum absolute atomic E-state index is 0.0345. The van der Waals surface area contributed by atoms with E-state index in [4.69, 9.17) is 12.2 Å². The van der Waals surface area contributed by atoms with Crippen LogP contribution in [0.3, 0.4) is 0 Å². The number of nitrogens with one attached hydrogen (secondary N) is 2. The van der Waals surface area contributed by atoms with E-state index in [1.165, 1.54) is 5.56 Å². The molecule has 0 aliphatic rings. The van der Waals surface area contributed by atoms with Gasteiger partial charge in [0.25, 0.3) is 0 Å². The third-order valence-corrected chi connectivity index (χ3v) is 3.96. The van der Waals surface area contributed by atoms with Gasteiger partial charge in [0, 0.05) is 24.6 Å². The summed E-state index contributed by atoms with van der Waals surface area (Å²) in [6, 6.07) is 8.29. The molecule has 0 saturated carbocycles. The van der Waals surface area contributed by atoms with E-state index in [0.29, 0.717) is 17.7 Å². The number of benzene rings is 1. The van der Waals surface area contributed by atoms with Crippen molar-refractivity contribution < 1.29 is 4.79 Å². The fourth-order valence-corrected chi connectivity index (χ4v) is 2.33. The zero-order valence-corrected chi connectivity index (χ0v) is 14.0. The van der Waals surface area contributed by atoms with Crippen molar-refractivity contribution in [1.82, 2.24) is 20.1 Å². The Morgan fingerprint density at radius 2 is 2.09 bits per heavy atom. The van der Waals surface area contributed by atoms with Crippen molar-refractivity contribution in [3.8, 4) is 11.4 Å². The van der Waals surface area contributed by atoms with Gasteiger partial charge < -0.3 is 5.32 Å². The third kappa shape index (κ3) is 4.04. The number of nitrogens with zero attached hydrogens (tertiary/aromatic N) is 2. The first-order valence-electron chi connectivity index (χ1n) is 7.53. The third-order valence-electron chi connectivity index (χ3n) is 3.65. The molecule has 1 unspecified atom stereocenters. The molecule has 0 bridgehead atoms. The summed E-state index contributed by atoms with van der Waals surface area (Å²) in [6.45, 7) is 6.60. The van der Waals surface area contributed by atoms with Gasteiger partial charge in [-0.2, -0.15) is 5.10 Å². The predicted molar refractivity (Wildman–Crippen MR) is 90.1 cm³/mol. The van der Waals surface area contributed by atoms with Crippen LogP contribution in [0.15, 0.2) is 24.3 Å². The Bertz CT molecular complexity index is 687. The molecule has 1 aromatic carbocycles. The second-order valence-corrected chi connectivity index (χ2v) is 5.88. The van der Waals surface area contributed by atoms with Crippen LogP contribution in [0.4, 0.5) is 0 Å². The summed E-state index contributed by atoms with van der Waals surface area (Å²) in [6.07, 6.45) is 1.31. The van der Waals surface area contributed by atoms with Crippen molar-refractivity contribution in [3.05, 3.63) is 34.6 Å². The summed E-state index contributed by atoms with van der Waals surface area (Å²) in [5, 5.41) is 10.1. The number of hydrogen-bond acceptors (Lipinski definition) is 3. The molecule has 0 saturated heterocycles. The van der Waals surface area contributed by atoms with Crippen LogP contribution in [-0.2, 0) is 11.3 Å². The van der Waals surface area contributed by atoms with E-state index < -0.39 is 0 Å². The highest BCUT2D eigenvalue weighted by Gasteiger charge is 2.11. The molecule has 2 aromatic rings. The van der Waals surface area contributed by atoms with Crippen LogP contribution < -0.4 is 5.32 Å². The minimum atomic E-state index is 0.0345. The second kappa shape index (κ2) is 7.35. The second-order valence-electron chi connectivity index (χ2n) is 5.50. The zero-order valence-electron chi connectivity index (χ0n) is 13.2. The molecule has 1 atom stereocenters. The van der Waals surface area contributed by atoms with E-state index >= 15 is 0 Å². The molecule has 1 amide bonds. The van der Waals surface area contributed by atoms with Gasteiger partial charge in [-0.1, -0.05) is 36.8 Å². The first kappa shape index (κ1) is 16.4. The van der Waals surface area contributed by atoms with E-state index in [1.807, 2.05) is 49.6 Å². The van der Waals surface area contributed by atoms with Gasteiger partial charge in [-0.3, -0.25) is 14.5 Å². The molecule has 0 radical (unpaired) electrons. The van der Waals surface area contributed by atoms with Crippen LogP contribution in [-0.4, -0.2) is 26.7 Å². The lowest BCUT2D eigenvalue weighted by molar-refractivity contribution is -0.121. The monoisotopic (exact) mass is 318 g/mol. The van der Waals surface area contributed by atoms with Crippen molar-refractivity contribution in [2.75, 3.05) is 0 Å². The topological polar surface area (TPSA) is 62.7 Å². The summed E-state index contributed by atoms with van der Waals surface area (Å²) in [4.78, 5) is 11.9. The number of aromatic amines is 1. The van der Waals surface area contributed by atoms with Gasteiger partial charge >= 0.3 is 0 Å². The molecule has 2 N–H and O–H groups in total. The molecule has 0 aliphatic heterocycles. The molecular formula is C16H22N4OS. The maximum absolute atomic E-state index is 11.9. The van der Waals surface area contributed by atoms with Crippen LogP contribution in [0.2, 0.25) is 0 Å². The molecule has 1 heterocycles. The fraction of sp³-hybridized carbons (Fsp3) is 0.438. The molecule has 0 fully saturated rings. The lowest BCUT2D eigenvalue weighted by Gasteiger charge is -2.12. The average molecular weight is 318 g/mol. The molecule has 22 heavy (non-hydrogen) atoms. The highest BCUT2D eigenvalue weighted by atomic mass is 32.1. The molecule has 1 aromatic heterocycles. The van der Waals surface area contributed by atoms with Crippen LogP contribution in [0.5, 0.6) is 0 Å². The van der Waals surface area contributed by atoms with Crippen molar-refractivity contribution in [2.24, 2.45) is 0 Å². The summed E-state index contributed by atoms with van der Waals surface area (Å²) in [5.41, 5.74) is 2.18. The van der Waals surface area contributed by atoms with Gasteiger partial charge in [0.2, 0.25) is 5.91 Å². The minimum Gasteiger partial charge on any atom is -0.354 e. The van der Waals surface area contributed by atoms with E-state index in [2.05, 4.69) is 15.5 Å². The Kier molecular flexibility index (Phi) is 5.49. The molecule has 0 aliphatic carbocycles. The van der Waals surface area contributed by atoms with Gasteiger partial charge in [-0.15, -0.1) is 0 Å². The maximum atomic E-state index is 11.9. The number of hydrogen-bond donors (Lipinski definition) is 2. The average Bonchev–Trinajstić information content (AvgIpc) is 2.87. The molecule has 118 valence electrons. The smallest absolute Gasteiger partial charge is 0.222 e. The Balaban J connectivity index is 2.12. The highest BCUT2D eigenvalue weighted by Crippen LogP contribution is 2.18. The fourth-order valence-electron chi connectivity index (χ4n) is 2.11. The van der Waals surface area contributed by atoms with Crippen molar-refractivity contribution in [3.63, 3.8) is 0 Å². The van der Waals surface area contributed by atoms with Gasteiger partial charge in [-0.05, 0) is 32.5 Å². The number of H-pyrrole nitrogens is 1.